The fraction of sp³-hybridized carbons (Fsp3) is 0.176. The van der Waals surface area contributed by atoms with Crippen molar-refractivity contribution >= 4 is 50.7 Å². The van der Waals surface area contributed by atoms with Gasteiger partial charge in [0.15, 0.2) is 6.10 Å². The summed E-state index contributed by atoms with van der Waals surface area (Å²) in [6.45, 7) is 1.54. The molecule has 7 heteroatoms. The van der Waals surface area contributed by atoms with Crippen LogP contribution in [0.15, 0.2) is 46.9 Å². The third-order valence-electron chi connectivity index (χ3n) is 3.56. The topological polar surface area (TPSA) is 58.6 Å². The van der Waals surface area contributed by atoms with Gasteiger partial charge in [0.2, 0.25) is 5.91 Å². The maximum atomic E-state index is 12.4. The Labute approximate surface area is 152 Å². The number of amides is 2. The number of benzene rings is 2. The standard InChI is InChI=1S/C17H14BrClN2O3/c1-10-17(23)21(14-8-12(19)4-7-15(14)24-10)9-16(22)20-13-5-2-11(18)3-6-13/h2-8,10H,9H2,1H3,(H,20,22). The van der Waals surface area contributed by atoms with E-state index in [0.717, 1.165) is 4.47 Å². The molecule has 24 heavy (non-hydrogen) atoms. The number of rotatable bonds is 3. The van der Waals surface area contributed by atoms with Gasteiger partial charge in [0, 0.05) is 15.2 Å². The Kier molecular flexibility index (Phi) is 4.78. The first kappa shape index (κ1) is 16.8. The number of nitrogens with zero attached hydrogens (tertiary/aromatic N) is 1. The third-order valence-corrected chi connectivity index (χ3v) is 4.32. The predicted molar refractivity (Wildman–Crippen MR) is 96.7 cm³/mol. The average Bonchev–Trinajstić information content (AvgIpc) is 2.55. The number of hydrogen-bond donors (Lipinski definition) is 1. The number of hydrogen-bond acceptors (Lipinski definition) is 3. The van der Waals surface area contributed by atoms with Crippen LogP contribution in [0.2, 0.25) is 5.02 Å². The SMILES string of the molecule is CC1Oc2ccc(Cl)cc2N(CC(=O)Nc2ccc(Br)cc2)C1=O. The minimum atomic E-state index is -0.654. The number of ether oxygens (including phenoxy) is 1. The van der Waals surface area contributed by atoms with Gasteiger partial charge in [0.1, 0.15) is 12.3 Å². The fourth-order valence-electron chi connectivity index (χ4n) is 2.42. The van der Waals surface area contributed by atoms with Gasteiger partial charge in [-0.25, -0.2) is 0 Å². The van der Waals surface area contributed by atoms with Crippen molar-refractivity contribution in [3.05, 3.63) is 52.0 Å². The van der Waals surface area contributed by atoms with E-state index in [-0.39, 0.29) is 18.4 Å². The van der Waals surface area contributed by atoms with Gasteiger partial charge in [-0.15, -0.1) is 0 Å². The van der Waals surface area contributed by atoms with Gasteiger partial charge >= 0.3 is 0 Å². The molecule has 2 aromatic rings. The molecule has 0 fully saturated rings. The van der Waals surface area contributed by atoms with Crippen LogP contribution in [-0.2, 0) is 9.59 Å². The van der Waals surface area contributed by atoms with Gasteiger partial charge in [-0.2, -0.15) is 0 Å². The van der Waals surface area contributed by atoms with Crippen LogP contribution in [0.5, 0.6) is 5.75 Å². The van der Waals surface area contributed by atoms with E-state index in [0.29, 0.717) is 22.1 Å². The van der Waals surface area contributed by atoms with Crippen LogP contribution < -0.4 is 15.0 Å². The Morgan fingerprint density at radius 2 is 2.00 bits per heavy atom. The largest absolute Gasteiger partial charge is 0.479 e. The Morgan fingerprint density at radius 1 is 1.29 bits per heavy atom. The van der Waals surface area contributed by atoms with Gasteiger partial charge in [0.05, 0.1) is 5.69 Å². The Balaban J connectivity index is 1.80. The molecule has 0 saturated carbocycles. The molecular weight excluding hydrogens is 396 g/mol. The Morgan fingerprint density at radius 3 is 2.71 bits per heavy atom. The molecule has 124 valence electrons. The summed E-state index contributed by atoms with van der Waals surface area (Å²) < 4.78 is 6.47. The molecule has 1 aliphatic heterocycles. The Hall–Kier alpha value is -2.05. The second-order valence-electron chi connectivity index (χ2n) is 5.35. The van der Waals surface area contributed by atoms with Crippen molar-refractivity contribution in [2.45, 2.75) is 13.0 Å². The Bertz CT molecular complexity index is 795. The first-order chi connectivity index (χ1) is 11.4. The first-order valence-corrected chi connectivity index (χ1v) is 8.44. The van der Waals surface area contributed by atoms with Crippen LogP contribution in [0.25, 0.3) is 0 Å². The maximum absolute atomic E-state index is 12.4. The number of nitrogens with one attached hydrogen (secondary N) is 1. The molecule has 5 nitrogen and oxygen atoms in total. The fourth-order valence-corrected chi connectivity index (χ4v) is 2.85. The van der Waals surface area contributed by atoms with Gasteiger partial charge in [-0.3, -0.25) is 14.5 Å². The van der Waals surface area contributed by atoms with Crippen molar-refractivity contribution in [1.82, 2.24) is 0 Å². The average molecular weight is 410 g/mol. The molecule has 0 bridgehead atoms. The van der Waals surface area contributed by atoms with E-state index in [4.69, 9.17) is 16.3 Å². The zero-order valence-electron chi connectivity index (χ0n) is 12.8. The van der Waals surface area contributed by atoms with Crippen molar-refractivity contribution in [3.63, 3.8) is 0 Å². The number of anilines is 2. The predicted octanol–water partition coefficient (Wildman–Crippen LogP) is 3.86. The van der Waals surface area contributed by atoms with Crippen LogP contribution in [-0.4, -0.2) is 24.5 Å². The molecule has 1 heterocycles. The zero-order valence-corrected chi connectivity index (χ0v) is 15.1. The molecule has 3 rings (SSSR count). The van der Waals surface area contributed by atoms with E-state index < -0.39 is 6.10 Å². The molecule has 0 spiro atoms. The lowest BCUT2D eigenvalue weighted by atomic mass is 10.2. The van der Waals surface area contributed by atoms with E-state index in [1.54, 1.807) is 37.3 Å². The monoisotopic (exact) mass is 408 g/mol. The first-order valence-electron chi connectivity index (χ1n) is 7.27. The number of fused-ring (bicyclic) bond motifs is 1. The van der Waals surface area contributed by atoms with Crippen molar-refractivity contribution < 1.29 is 14.3 Å². The molecule has 0 aromatic heterocycles. The summed E-state index contributed by atoms with van der Waals surface area (Å²) in [7, 11) is 0. The van der Waals surface area contributed by atoms with Crippen LogP contribution in [0, 0.1) is 0 Å². The molecule has 2 aromatic carbocycles. The van der Waals surface area contributed by atoms with Crippen molar-refractivity contribution in [3.8, 4) is 5.75 Å². The highest BCUT2D eigenvalue weighted by Gasteiger charge is 2.32. The summed E-state index contributed by atoms with van der Waals surface area (Å²) in [5, 5.41) is 3.24. The summed E-state index contributed by atoms with van der Waals surface area (Å²) in [4.78, 5) is 26.1. The van der Waals surface area contributed by atoms with E-state index >= 15 is 0 Å². The molecule has 1 atom stereocenters. The van der Waals surface area contributed by atoms with Crippen LogP contribution in [0.4, 0.5) is 11.4 Å². The van der Waals surface area contributed by atoms with Crippen LogP contribution in [0.1, 0.15) is 6.92 Å². The van der Waals surface area contributed by atoms with Gasteiger partial charge in [-0.1, -0.05) is 27.5 Å². The number of carbonyl (C=O) groups excluding carboxylic acids is 2. The summed E-state index contributed by atoms with van der Waals surface area (Å²) in [5.74, 6) is -0.0515. The molecule has 1 aliphatic rings. The summed E-state index contributed by atoms with van der Waals surface area (Å²) >= 11 is 9.35. The minimum Gasteiger partial charge on any atom is -0.479 e. The second kappa shape index (κ2) is 6.83. The highest BCUT2D eigenvalue weighted by atomic mass is 79.9. The summed E-state index contributed by atoms with van der Waals surface area (Å²) in [6.07, 6.45) is -0.654. The van der Waals surface area contributed by atoms with Crippen LogP contribution in [0.3, 0.4) is 0 Å². The quantitative estimate of drug-likeness (QED) is 0.837. The zero-order chi connectivity index (χ0) is 17.3. The van der Waals surface area contributed by atoms with Gasteiger partial charge < -0.3 is 10.1 Å². The van der Waals surface area contributed by atoms with Crippen LogP contribution >= 0.6 is 27.5 Å². The van der Waals surface area contributed by atoms with Gasteiger partial charge in [-0.05, 0) is 49.4 Å². The number of carbonyl (C=O) groups is 2. The molecule has 0 aliphatic carbocycles. The molecule has 0 saturated heterocycles. The molecule has 2 amide bonds. The molecular formula is C17H14BrClN2O3. The van der Waals surface area contributed by atoms with E-state index in [2.05, 4.69) is 21.2 Å². The van der Waals surface area contributed by atoms with Crippen molar-refractivity contribution in [2.75, 3.05) is 16.8 Å². The van der Waals surface area contributed by atoms with E-state index in [1.165, 1.54) is 4.90 Å². The van der Waals surface area contributed by atoms with E-state index in [1.807, 2.05) is 12.1 Å². The van der Waals surface area contributed by atoms with Gasteiger partial charge in [0.25, 0.3) is 5.91 Å². The highest BCUT2D eigenvalue weighted by Crippen LogP contribution is 2.36. The minimum absolute atomic E-state index is 0.115. The lowest BCUT2D eigenvalue weighted by Gasteiger charge is -2.32. The highest BCUT2D eigenvalue weighted by molar-refractivity contribution is 9.10. The third kappa shape index (κ3) is 3.55. The van der Waals surface area contributed by atoms with E-state index in [9.17, 15) is 9.59 Å². The smallest absolute Gasteiger partial charge is 0.268 e. The molecule has 0 radical (unpaired) electrons. The maximum Gasteiger partial charge on any atom is 0.268 e. The lowest BCUT2D eigenvalue weighted by Crippen LogP contribution is -2.47. The van der Waals surface area contributed by atoms with Crippen molar-refractivity contribution in [1.29, 1.82) is 0 Å². The van der Waals surface area contributed by atoms with Crippen molar-refractivity contribution in [2.24, 2.45) is 0 Å². The summed E-state index contributed by atoms with van der Waals surface area (Å²) in [6, 6.07) is 12.2. The number of halogens is 2. The molecule has 1 unspecified atom stereocenters. The normalized spacial score (nSPS) is 16.4. The molecule has 1 N–H and O–H groups in total. The lowest BCUT2D eigenvalue weighted by molar-refractivity contribution is -0.127. The second-order valence-corrected chi connectivity index (χ2v) is 6.70. The summed E-state index contributed by atoms with van der Waals surface area (Å²) in [5.41, 5.74) is 1.15.